The molecule has 0 aliphatic carbocycles. The normalized spacial score (nSPS) is 10.2. The maximum Gasteiger partial charge on any atom is 0.375 e. The molecule has 348 valence electrons. The minimum absolute atomic E-state index is 0. The van der Waals surface area contributed by atoms with Gasteiger partial charge < -0.3 is 36.5 Å². The fraction of sp³-hybridized carbons (Fsp3) is 0.200. The van der Waals surface area contributed by atoms with Crippen molar-refractivity contribution in [2.75, 3.05) is 38.5 Å². The summed E-state index contributed by atoms with van der Waals surface area (Å²) in [6.07, 6.45) is 5.85. The number of nitrogens with zero attached hydrogens (tertiary/aromatic N) is 3. The Morgan fingerprint density at radius 1 is 0.727 bits per heavy atom. The van der Waals surface area contributed by atoms with Crippen LogP contribution >= 0.6 is 39.1 Å². The molecule has 0 bridgehead atoms. The molecule has 7 aromatic rings. The maximum absolute atomic E-state index is 15.5. The van der Waals surface area contributed by atoms with E-state index in [2.05, 4.69) is 30.6 Å². The number of methoxy groups -OCH3 is 2. The number of fused-ring (bicyclic) bond motifs is 1. The predicted octanol–water partition coefficient (Wildman–Crippen LogP) is 11.9. The fourth-order valence-electron chi connectivity index (χ4n) is 6.33. The van der Waals surface area contributed by atoms with E-state index in [0.717, 1.165) is 11.1 Å². The molecule has 0 spiro atoms. The number of carbonyl (C=O) groups excluding carboxylic acids is 3. The lowest BCUT2D eigenvalue weighted by Crippen LogP contribution is -2.17. The molecule has 0 atom stereocenters. The van der Waals surface area contributed by atoms with Gasteiger partial charge in [0.15, 0.2) is 5.69 Å². The molecule has 0 radical (unpaired) electrons. The van der Waals surface area contributed by atoms with Crippen molar-refractivity contribution < 1.29 is 42.1 Å². The summed E-state index contributed by atoms with van der Waals surface area (Å²) in [4.78, 5) is 41.0. The van der Waals surface area contributed by atoms with Gasteiger partial charge in [-0.05, 0) is 95.8 Å². The van der Waals surface area contributed by atoms with Gasteiger partial charge >= 0.3 is 11.9 Å². The Hall–Kier alpha value is -6.35. The number of ketones is 1. The zero-order valence-electron chi connectivity index (χ0n) is 36.2. The van der Waals surface area contributed by atoms with E-state index in [1.54, 1.807) is 116 Å². The number of alkyl halides is 1. The number of Topliss-reactive ketones (excluding diaryl/α,β-unsaturated/α-hetero) is 1. The number of imidazole rings is 1. The number of carbonyl (C=O) groups is 3. The summed E-state index contributed by atoms with van der Waals surface area (Å²) >= 11 is 15.0. The average Bonchev–Trinajstić information content (AvgIpc) is 3.72. The van der Waals surface area contributed by atoms with Crippen LogP contribution in [0, 0.1) is 19.1 Å². The van der Waals surface area contributed by atoms with E-state index in [-0.39, 0.29) is 50.7 Å². The first-order chi connectivity index (χ1) is 30.8. The van der Waals surface area contributed by atoms with Gasteiger partial charge in [0.05, 0.1) is 43.9 Å². The zero-order valence-corrected chi connectivity index (χ0v) is 39.3. The van der Waals surface area contributed by atoms with Gasteiger partial charge in [-0.1, -0.05) is 95.1 Å². The molecular formula is C50H50BrCl2F2N4O7-. The summed E-state index contributed by atoms with van der Waals surface area (Å²) in [6.45, 7) is 3.92. The molecule has 2 N–H and O–H groups in total. The number of pyridine rings is 2. The number of nitrogen functional groups attached to an aromatic ring is 1. The smallest absolute Gasteiger partial charge is 0.375 e. The van der Waals surface area contributed by atoms with Crippen molar-refractivity contribution in [2.45, 2.75) is 34.1 Å². The van der Waals surface area contributed by atoms with E-state index in [1.807, 2.05) is 18.3 Å². The molecule has 7 rings (SSSR count). The van der Waals surface area contributed by atoms with Gasteiger partial charge in [0.1, 0.15) is 34.6 Å². The standard InChI is InChI=1S/C24H20ClFN2O3.C19H16ClFN2O.C5H7BrO3.CH4.CH3/c1-3-31-24(29)19-14-28-13-15(7-10-21(28)27-19)11-17-8-9-20(30-2)22(23(17)26)16-5-4-6-18(25)12-16;1-24-16-7-6-14(9-12-5-8-17(22)23-11-12)19(21)18(16)13-3-2-4-15(20)10-13;1-2-9-5(8)4(7)3-6;;/h4-10,12-14H,3,11H2,1-2H3;2-8,10-11H,9H2,1H3,(H2,22,23);2-3H2,1H3;1H4;1H3/q;;;;-1. The van der Waals surface area contributed by atoms with Crippen LogP contribution in [0.2, 0.25) is 10.0 Å². The van der Waals surface area contributed by atoms with Crippen molar-refractivity contribution in [3.63, 3.8) is 0 Å². The average molecular weight is 1010 g/mol. The Bertz CT molecular complexity index is 2750. The van der Waals surface area contributed by atoms with Crippen molar-refractivity contribution >= 4 is 68.3 Å². The van der Waals surface area contributed by atoms with E-state index < -0.39 is 17.7 Å². The molecule has 0 saturated carbocycles. The zero-order chi connectivity index (χ0) is 46.3. The first kappa shape index (κ1) is 54.0. The second-order valence-electron chi connectivity index (χ2n) is 13.6. The number of hydrogen-bond donors (Lipinski definition) is 1. The lowest BCUT2D eigenvalue weighted by atomic mass is 9.97. The number of nitrogens with two attached hydrogens (primary N) is 1. The van der Waals surface area contributed by atoms with Crippen LogP contribution in [-0.4, -0.2) is 64.9 Å². The van der Waals surface area contributed by atoms with Crippen LogP contribution in [-0.2, 0) is 31.9 Å². The highest BCUT2D eigenvalue weighted by Crippen LogP contribution is 2.37. The molecule has 66 heavy (non-hydrogen) atoms. The second-order valence-corrected chi connectivity index (χ2v) is 15.1. The Morgan fingerprint density at radius 3 is 1.73 bits per heavy atom. The fourth-order valence-corrected chi connectivity index (χ4v) is 6.94. The number of halogens is 5. The van der Waals surface area contributed by atoms with E-state index >= 15 is 8.78 Å². The van der Waals surface area contributed by atoms with E-state index in [0.29, 0.717) is 79.2 Å². The molecule has 0 amide bonds. The van der Waals surface area contributed by atoms with Crippen molar-refractivity contribution in [2.24, 2.45) is 0 Å². The predicted molar refractivity (Wildman–Crippen MR) is 261 cm³/mol. The van der Waals surface area contributed by atoms with Crippen LogP contribution in [0.15, 0.2) is 116 Å². The molecule has 0 aliphatic heterocycles. The summed E-state index contributed by atoms with van der Waals surface area (Å²) < 4.78 is 52.5. The molecule has 0 fully saturated rings. The largest absolute Gasteiger partial charge is 0.496 e. The van der Waals surface area contributed by atoms with Crippen LogP contribution in [0.4, 0.5) is 14.6 Å². The molecule has 4 aromatic carbocycles. The number of ether oxygens (including phenoxy) is 4. The first-order valence-electron chi connectivity index (χ1n) is 19.6. The van der Waals surface area contributed by atoms with Gasteiger partial charge in [0, 0.05) is 41.5 Å². The lowest BCUT2D eigenvalue weighted by Gasteiger charge is -2.14. The van der Waals surface area contributed by atoms with Gasteiger partial charge in [0.25, 0.3) is 0 Å². The van der Waals surface area contributed by atoms with Crippen LogP contribution < -0.4 is 15.2 Å². The van der Waals surface area contributed by atoms with Crippen molar-refractivity contribution in [3.8, 4) is 33.8 Å². The summed E-state index contributed by atoms with van der Waals surface area (Å²) in [6, 6.07) is 28.2. The van der Waals surface area contributed by atoms with E-state index in [9.17, 15) is 14.4 Å². The lowest BCUT2D eigenvalue weighted by molar-refractivity contribution is -0.152. The summed E-state index contributed by atoms with van der Waals surface area (Å²) in [7, 11) is 3.03. The summed E-state index contributed by atoms with van der Waals surface area (Å²) in [5.41, 5.74) is 11.3. The molecule has 11 nitrogen and oxygen atoms in total. The molecule has 0 saturated heterocycles. The van der Waals surface area contributed by atoms with Gasteiger partial charge in [-0.15, -0.1) is 0 Å². The second kappa shape index (κ2) is 26.0. The Morgan fingerprint density at radius 2 is 1.26 bits per heavy atom. The Labute approximate surface area is 401 Å². The third-order valence-electron chi connectivity index (χ3n) is 9.29. The number of hydrogen-bond acceptors (Lipinski definition) is 10. The van der Waals surface area contributed by atoms with Crippen LogP contribution in [0.3, 0.4) is 0 Å². The SMILES string of the molecule is C.CCOC(=O)C(=O)CBr.CCOC(=O)c1cn2cc(Cc3ccc(OC)c(-c4cccc(Cl)c4)c3F)ccc2n1.COc1ccc(Cc2ccc(N)nc2)c(F)c1-c1cccc(Cl)c1.[CH3-]. The summed E-state index contributed by atoms with van der Waals surface area (Å²) in [5.74, 6) is -1.13. The van der Waals surface area contributed by atoms with Gasteiger partial charge in [-0.3, -0.25) is 4.79 Å². The summed E-state index contributed by atoms with van der Waals surface area (Å²) in [5, 5.41) is 1.10. The molecule has 3 heterocycles. The van der Waals surface area contributed by atoms with Crippen molar-refractivity contribution in [3.05, 3.63) is 173 Å². The van der Waals surface area contributed by atoms with Gasteiger partial charge in [0.2, 0.25) is 5.78 Å². The van der Waals surface area contributed by atoms with Gasteiger partial charge in [-0.25, -0.2) is 28.3 Å². The third-order valence-corrected chi connectivity index (χ3v) is 10.3. The highest BCUT2D eigenvalue weighted by Gasteiger charge is 2.19. The molecule has 16 heteroatoms. The highest BCUT2D eigenvalue weighted by molar-refractivity contribution is 9.09. The van der Waals surface area contributed by atoms with Crippen LogP contribution in [0.25, 0.3) is 27.9 Å². The quantitative estimate of drug-likeness (QED) is 0.0513. The number of rotatable bonds is 13. The minimum Gasteiger partial charge on any atom is -0.496 e. The van der Waals surface area contributed by atoms with Crippen LogP contribution in [0.1, 0.15) is 54.0 Å². The van der Waals surface area contributed by atoms with Crippen molar-refractivity contribution in [1.82, 2.24) is 14.4 Å². The number of anilines is 1. The first-order valence-corrected chi connectivity index (χ1v) is 21.5. The number of aromatic nitrogens is 3. The third kappa shape index (κ3) is 14.1. The van der Waals surface area contributed by atoms with E-state index in [4.69, 9.17) is 43.1 Å². The number of esters is 2. The molecular weight excluding hydrogens is 957 g/mol. The Kier molecular flexibility index (Phi) is 21.2. The number of benzene rings is 4. The van der Waals surface area contributed by atoms with Gasteiger partial charge in [-0.2, -0.15) is 0 Å². The highest BCUT2D eigenvalue weighted by atomic mass is 79.9. The van der Waals surface area contributed by atoms with Crippen molar-refractivity contribution in [1.29, 1.82) is 0 Å². The van der Waals surface area contributed by atoms with E-state index in [1.165, 1.54) is 14.2 Å². The monoisotopic (exact) mass is 1010 g/mol. The Balaban J connectivity index is 0.000000294. The molecule has 0 unspecified atom stereocenters. The topological polar surface area (TPSA) is 144 Å². The van der Waals surface area contributed by atoms with Crippen LogP contribution in [0.5, 0.6) is 11.5 Å². The maximum atomic E-state index is 15.5. The molecule has 0 aliphatic rings. The minimum atomic E-state index is -0.769. The molecule has 3 aromatic heterocycles.